The number of hydrogen-bond donors (Lipinski definition) is 2. The molecule has 0 spiro atoms. The van der Waals surface area contributed by atoms with E-state index < -0.39 is 0 Å². The quantitative estimate of drug-likeness (QED) is 0.821. The van der Waals surface area contributed by atoms with E-state index in [-0.39, 0.29) is 24.2 Å². The van der Waals surface area contributed by atoms with Gasteiger partial charge in [0.15, 0.2) is 0 Å². The predicted octanol–water partition coefficient (Wildman–Crippen LogP) is 0.714. The SMILES string of the molecule is O=C(NCCN1CCNCC1)C1CC(=O)N(c2ccc(Cl)cc2)C1. The lowest BCUT2D eigenvalue weighted by Gasteiger charge is -2.27. The molecule has 0 bridgehead atoms. The third kappa shape index (κ3) is 4.26. The molecule has 1 atom stereocenters. The van der Waals surface area contributed by atoms with E-state index in [4.69, 9.17) is 11.6 Å². The van der Waals surface area contributed by atoms with Crippen LogP contribution in [0.1, 0.15) is 6.42 Å². The van der Waals surface area contributed by atoms with Crippen molar-refractivity contribution in [3.63, 3.8) is 0 Å². The summed E-state index contributed by atoms with van der Waals surface area (Å²) in [5.41, 5.74) is 0.792. The molecular weight excluding hydrogens is 328 g/mol. The Balaban J connectivity index is 1.47. The van der Waals surface area contributed by atoms with Gasteiger partial charge >= 0.3 is 0 Å². The fraction of sp³-hybridized carbons (Fsp3) is 0.529. The minimum absolute atomic E-state index is 0.0143. The zero-order valence-electron chi connectivity index (χ0n) is 13.6. The number of benzene rings is 1. The van der Waals surface area contributed by atoms with Gasteiger partial charge < -0.3 is 15.5 Å². The van der Waals surface area contributed by atoms with E-state index in [1.54, 1.807) is 17.0 Å². The van der Waals surface area contributed by atoms with Crippen molar-refractivity contribution in [3.8, 4) is 0 Å². The maximum atomic E-state index is 12.3. The Morgan fingerprint density at radius 1 is 1.25 bits per heavy atom. The second-order valence-corrected chi connectivity index (χ2v) is 6.70. The van der Waals surface area contributed by atoms with Gasteiger partial charge in [0.05, 0.1) is 5.92 Å². The number of carbonyl (C=O) groups excluding carboxylic acids is 2. The van der Waals surface area contributed by atoms with Crippen molar-refractivity contribution >= 4 is 29.1 Å². The number of nitrogens with zero attached hydrogens (tertiary/aromatic N) is 2. The largest absolute Gasteiger partial charge is 0.355 e. The smallest absolute Gasteiger partial charge is 0.227 e. The number of anilines is 1. The molecule has 2 heterocycles. The molecule has 24 heavy (non-hydrogen) atoms. The molecule has 7 heteroatoms. The number of carbonyl (C=O) groups is 2. The van der Waals surface area contributed by atoms with Crippen molar-refractivity contribution in [1.29, 1.82) is 0 Å². The maximum Gasteiger partial charge on any atom is 0.227 e. The van der Waals surface area contributed by atoms with E-state index in [0.29, 0.717) is 18.1 Å². The van der Waals surface area contributed by atoms with Crippen LogP contribution in [0.15, 0.2) is 24.3 Å². The molecule has 2 fully saturated rings. The summed E-state index contributed by atoms with van der Waals surface area (Å²) in [6.45, 7) is 5.95. The molecule has 0 radical (unpaired) electrons. The molecule has 6 nitrogen and oxygen atoms in total. The molecule has 1 aromatic rings. The molecule has 3 rings (SSSR count). The van der Waals surface area contributed by atoms with Gasteiger partial charge in [0, 0.05) is 62.9 Å². The monoisotopic (exact) mass is 350 g/mol. The van der Waals surface area contributed by atoms with Gasteiger partial charge in [0.1, 0.15) is 0 Å². The molecule has 2 aliphatic rings. The first-order chi connectivity index (χ1) is 11.6. The van der Waals surface area contributed by atoms with Crippen LogP contribution in [-0.4, -0.2) is 62.5 Å². The summed E-state index contributed by atoms with van der Waals surface area (Å²) in [4.78, 5) is 28.5. The minimum atomic E-state index is -0.281. The second-order valence-electron chi connectivity index (χ2n) is 6.26. The first-order valence-corrected chi connectivity index (χ1v) is 8.78. The molecule has 2 amide bonds. The maximum absolute atomic E-state index is 12.3. The van der Waals surface area contributed by atoms with Gasteiger partial charge in [0.25, 0.3) is 0 Å². The van der Waals surface area contributed by atoms with Crippen molar-refractivity contribution in [2.75, 3.05) is 50.7 Å². The third-order valence-electron chi connectivity index (χ3n) is 4.57. The number of halogens is 1. The second kappa shape index (κ2) is 7.96. The van der Waals surface area contributed by atoms with E-state index in [9.17, 15) is 9.59 Å². The molecule has 2 saturated heterocycles. The van der Waals surface area contributed by atoms with Gasteiger partial charge in [-0.15, -0.1) is 0 Å². The minimum Gasteiger partial charge on any atom is -0.355 e. The van der Waals surface area contributed by atoms with E-state index in [1.807, 2.05) is 12.1 Å². The van der Waals surface area contributed by atoms with Gasteiger partial charge in [-0.2, -0.15) is 0 Å². The van der Waals surface area contributed by atoms with Crippen LogP contribution in [0.25, 0.3) is 0 Å². The van der Waals surface area contributed by atoms with Crippen LogP contribution in [0.3, 0.4) is 0 Å². The Bertz CT molecular complexity index is 587. The van der Waals surface area contributed by atoms with Gasteiger partial charge in [-0.25, -0.2) is 0 Å². The van der Waals surface area contributed by atoms with Crippen molar-refractivity contribution in [1.82, 2.24) is 15.5 Å². The molecule has 2 aliphatic heterocycles. The van der Waals surface area contributed by atoms with E-state index in [0.717, 1.165) is 38.4 Å². The average Bonchev–Trinajstić information content (AvgIpc) is 2.98. The summed E-state index contributed by atoms with van der Waals surface area (Å²) in [7, 11) is 0. The summed E-state index contributed by atoms with van der Waals surface area (Å²) in [6, 6.07) is 7.13. The molecule has 0 saturated carbocycles. The predicted molar refractivity (Wildman–Crippen MR) is 94.2 cm³/mol. The normalized spacial score (nSPS) is 22.0. The number of rotatable bonds is 5. The lowest BCUT2D eigenvalue weighted by molar-refractivity contribution is -0.126. The Morgan fingerprint density at radius 2 is 1.96 bits per heavy atom. The summed E-state index contributed by atoms with van der Waals surface area (Å²) < 4.78 is 0. The Kier molecular flexibility index (Phi) is 5.71. The average molecular weight is 351 g/mol. The van der Waals surface area contributed by atoms with Crippen molar-refractivity contribution in [2.45, 2.75) is 6.42 Å². The van der Waals surface area contributed by atoms with Crippen LogP contribution >= 0.6 is 11.6 Å². The van der Waals surface area contributed by atoms with Crippen LogP contribution < -0.4 is 15.5 Å². The van der Waals surface area contributed by atoms with Crippen molar-refractivity contribution in [2.24, 2.45) is 5.92 Å². The van der Waals surface area contributed by atoms with Crippen molar-refractivity contribution in [3.05, 3.63) is 29.3 Å². The van der Waals surface area contributed by atoms with Crippen LogP contribution in [0.4, 0.5) is 5.69 Å². The molecule has 2 N–H and O–H groups in total. The molecule has 0 aliphatic carbocycles. The van der Waals surface area contributed by atoms with Crippen LogP contribution in [0.2, 0.25) is 5.02 Å². The topological polar surface area (TPSA) is 64.7 Å². The van der Waals surface area contributed by atoms with Gasteiger partial charge in [0.2, 0.25) is 11.8 Å². The fourth-order valence-electron chi connectivity index (χ4n) is 3.17. The van der Waals surface area contributed by atoms with Crippen LogP contribution in [-0.2, 0) is 9.59 Å². The Hall–Kier alpha value is -1.63. The fourth-order valence-corrected chi connectivity index (χ4v) is 3.30. The van der Waals surface area contributed by atoms with Crippen molar-refractivity contribution < 1.29 is 9.59 Å². The highest BCUT2D eigenvalue weighted by Crippen LogP contribution is 2.26. The van der Waals surface area contributed by atoms with Crippen LogP contribution in [0.5, 0.6) is 0 Å². The lowest BCUT2D eigenvalue weighted by atomic mass is 10.1. The van der Waals surface area contributed by atoms with E-state index >= 15 is 0 Å². The summed E-state index contributed by atoms with van der Waals surface area (Å²) in [6.07, 6.45) is 0.266. The van der Waals surface area contributed by atoms with Gasteiger partial charge in [-0.1, -0.05) is 11.6 Å². The third-order valence-corrected chi connectivity index (χ3v) is 4.82. The summed E-state index contributed by atoms with van der Waals surface area (Å²) in [5.74, 6) is -0.328. The summed E-state index contributed by atoms with van der Waals surface area (Å²) in [5, 5.41) is 6.91. The first-order valence-electron chi connectivity index (χ1n) is 8.40. The molecule has 1 aromatic carbocycles. The number of piperazine rings is 1. The molecule has 1 unspecified atom stereocenters. The highest BCUT2D eigenvalue weighted by atomic mass is 35.5. The van der Waals surface area contributed by atoms with Gasteiger partial charge in [-0.3, -0.25) is 14.5 Å². The highest BCUT2D eigenvalue weighted by Gasteiger charge is 2.34. The van der Waals surface area contributed by atoms with Crippen LogP contribution in [0, 0.1) is 5.92 Å². The first kappa shape index (κ1) is 17.2. The highest BCUT2D eigenvalue weighted by molar-refractivity contribution is 6.30. The van der Waals surface area contributed by atoms with Gasteiger partial charge in [-0.05, 0) is 24.3 Å². The molecular formula is C17H23ClN4O2. The van der Waals surface area contributed by atoms with E-state index in [1.165, 1.54) is 0 Å². The number of nitrogens with one attached hydrogen (secondary N) is 2. The standard InChI is InChI=1S/C17H23ClN4O2/c18-14-1-3-15(4-2-14)22-12-13(11-16(22)23)17(24)20-7-10-21-8-5-19-6-9-21/h1-4,13,19H,5-12H2,(H,20,24). The zero-order chi connectivity index (χ0) is 16.9. The Morgan fingerprint density at radius 3 is 2.67 bits per heavy atom. The summed E-state index contributed by atoms with van der Waals surface area (Å²) >= 11 is 5.88. The lowest BCUT2D eigenvalue weighted by Crippen LogP contribution is -2.46. The zero-order valence-corrected chi connectivity index (χ0v) is 14.4. The number of hydrogen-bond acceptors (Lipinski definition) is 4. The molecule has 0 aromatic heterocycles. The number of amides is 2. The Labute approximate surface area is 147 Å². The van der Waals surface area contributed by atoms with E-state index in [2.05, 4.69) is 15.5 Å². The molecule has 130 valence electrons.